The molecular weight excluding hydrogens is 663 g/mol. The summed E-state index contributed by atoms with van der Waals surface area (Å²) in [6.07, 6.45) is 35.7. The highest BCUT2D eigenvalue weighted by molar-refractivity contribution is 7.47. The third-order valence-electron chi connectivity index (χ3n) is 10.0. The summed E-state index contributed by atoms with van der Waals surface area (Å²) >= 11 is 0. The van der Waals surface area contributed by atoms with Crippen LogP contribution >= 0.6 is 7.82 Å². The van der Waals surface area contributed by atoms with Crippen LogP contribution in [0.5, 0.6) is 0 Å². The van der Waals surface area contributed by atoms with Crippen LogP contribution in [0.3, 0.4) is 0 Å². The molecular formula is C41H85N2O7P. The Morgan fingerprint density at radius 2 is 0.941 bits per heavy atom. The first-order valence-electron chi connectivity index (χ1n) is 21.7. The molecule has 0 saturated carbocycles. The van der Waals surface area contributed by atoms with Crippen LogP contribution in [0.4, 0.5) is 0 Å². The van der Waals surface area contributed by atoms with Crippen molar-refractivity contribution in [1.82, 2.24) is 5.32 Å². The van der Waals surface area contributed by atoms with Crippen molar-refractivity contribution >= 4 is 13.7 Å². The zero-order chi connectivity index (χ0) is 37.7. The number of hydrogen-bond donors (Lipinski definition) is 5. The predicted molar refractivity (Wildman–Crippen MR) is 214 cm³/mol. The van der Waals surface area contributed by atoms with E-state index in [1.807, 2.05) is 0 Å². The Balaban J connectivity index is 4.25. The molecule has 0 aromatic heterocycles. The highest BCUT2D eigenvalue weighted by atomic mass is 31.2. The van der Waals surface area contributed by atoms with Gasteiger partial charge in [0.15, 0.2) is 0 Å². The lowest BCUT2D eigenvalue weighted by atomic mass is 10.0. The zero-order valence-corrected chi connectivity index (χ0v) is 34.4. The van der Waals surface area contributed by atoms with Crippen LogP contribution in [-0.4, -0.2) is 59.0 Å². The molecule has 10 heteroatoms. The number of unbranched alkanes of at least 4 members (excludes halogenated alkanes) is 27. The summed E-state index contributed by atoms with van der Waals surface area (Å²) in [7, 11) is -4.37. The first-order valence-corrected chi connectivity index (χ1v) is 23.2. The number of carbonyl (C=O) groups is 1. The van der Waals surface area contributed by atoms with Crippen molar-refractivity contribution in [3.63, 3.8) is 0 Å². The predicted octanol–water partition coefficient (Wildman–Crippen LogP) is 10.8. The van der Waals surface area contributed by atoms with E-state index in [0.29, 0.717) is 12.8 Å². The Bertz CT molecular complexity index is 791. The maximum absolute atomic E-state index is 12.8. The van der Waals surface area contributed by atoms with Gasteiger partial charge in [0.25, 0.3) is 0 Å². The topological polar surface area (TPSA) is 151 Å². The first kappa shape index (κ1) is 50.5. The van der Waals surface area contributed by atoms with Crippen molar-refractivity contribution in [3.05, 3.63) is 0 Å². The highest BCUT2D eigenvalue weighted by Crippen LogP contribution is 2.43. The van der Waals surface area contributed by atoms with Crippen LogP contribution in [0.15, 0.2) is 0 Å². The van der Waals surface area contributed by atoms with Gasteiger partial charge in [0.05, 0.1) is 37.9 Å². The van der Waals surface area contributed by atoms with Gasteiger partial charge in [0.2, 0.25) is 5.91 Å². The fourth-order valence-corrected chi connectivity index (χ4v) is 7.47. The van der Waals surface area contributed by atoms with E-state index < -0.39 is 32.0 Å². The molecule has 0 heterocycles. The van der Waals surface area contributed by atoms with Crippen molar-refractivity contribution in [1.29, 1.82) is 0 Å². The van der Waals surface area contributed by atoms with Crippen molar-refractivity contribution in [2.24, 2.45) is 5.73 Å². The molecule has 0 radical (unpaired) electrons. The number of nitrogens with one attached hydrogen (secondary N) is 1. The third-order valence-corrected chi connectivity index (χ3v) is 11.0. The Morgan fingerprint density at radius 3 is 1.31 bits per heavy atom. The highest BCUT2D eigenvalue weighted by Gasteiger charge is 2.28. The summed E-state index contributed by atoms with van der Waals surface area (Å²) in [5.41, 5.74) is 5.37. The van der Waals surface area contributed by atoms with Crippen molar-refractivity contribution < 1.29 is 33.5 Å². The van der Waals surface area contributed by atoms with Crippen molar-refractivity contribution in [2.75, 3.05) is 19.8 Å². The van der Waals surface area contributed by atoms with E-state index >= 15 is 0 Å². The minimum absolute atomic E-state index is 0.0626. The summed E-state index contributed by atoms with van der Waals surface area (Å²) in [6.45, 7) is 4.06. The summed E-state index contributed by atoms with van der Waals surface area (Å²) in [5, 5.41) is 24.2. The molecule has 51 heavy (non-hydrogen) atoms. The van der Waals surface area contributed by atoms with Crippen molar-refractivity contribution in [3.8, 4) is 0 Å². The van der Waals surface area contributed by atoms with E-state index in [4.69, 9.17) is 14.8 Å². The number of phosphoric acid groups is 1. The summed E-state index contributed by atoms with van der Waals surface area (Å²) < 4.78 is 22.1. The number of amides is 1. The minimum Gasteiger partial charge on any atom is -0.393 e. The van der Waals surface area contributed by atoms with Gasteiger partial charge in [-0.05, 0) is 12.8 Å². The van der Waals surface area contributed by atoms with Crippen molar-refractivity contribution in [2.45, 2.75) is 238 Å². The molecule has 0 spiro atoms. The zero-order valence-electron chi connectivity index (χ0n) is 33.5. The van der Waals surface area contributed by atoms with Crippen LogP contribution in [0, 0.1) is 0 Å². The van der Waals surface area contributed by atoms with Gasteiger partial charge < -0.3 is 26.2 Å². The van der Waals surface area contributed by atoms with E-state index in [2.05, 4.69) is 19.2 Å². The van der Waals surface area contributed by atoms with Gasteiger partial charge in [-0.15, -0.1) is 0 Å². The number of aliphatic hydroxyl groups excluding tert-OH is 2. The molecule has 4 unspecified atom stereocenters. The standard InChI is InChI=1S/C41H85N2O7P/c1-3-5-7-9-11-13-15-17-19-21-23-25-27-29-31-33-40(45)39(37-50-51(47,48)49-35-34-42)43-41(46)36-38(44)32-30-28-26-24-22-20-18-16-14-12-10-8-6-4-2/h38-40,44-45H,3-37,42H2,1-2H3,(H,43,46)(H,47,48). The fraction of sp³-hybridized carbons (Fsp3) is 0.976. The number of hydrogen-bond acceptors (Lipinski definition) is 7. The maximum Gasteiger partial charge on any atom is 0.472 e. The molecule has 6 N–H and O–H groups in total. The van der Waals surface area contributed by atoms with Gasteiger partial charge in [-0.1, -0.05) is 200 Å². The van der Waals surface area contributed by atoms with Gasteiger partial charge in [-0.25, -0.2) is 4.57 Å². The molecule has 0 aromatic carbocycles. The molecule has 0 aliphatic carbocycles. The van der Waals surface area contributed by atoms with Gasteiger partial charge >= 0.3 is 7.82 Å². The fourth-order valence-electron chi connectivity index (χ4n) is 6.71. The molecule has 306 valence electrons. The van der Waals surface area contributed by atoms with E-state index in [-0.39, 0.29) is 26.2 Å². The van der Waals surface area contributed by atoms with Gasteiger partial charge in [-0.3, -0.25) is 13.8 Å². The lowest BCUT2D eigenvalue weighted by molar-refractivity contribution is -0.125. The second kappa shape index (κ2) is 37.8. The van der Waals surface area contributed by atoms with E-state index in [1.165, 1.54) is 148 Å². The normalized spacial score (nSPS) is 14.7. The number of rotatable bonds is 41. The molecule has 0 aliphatic heterocycles. The lowest BCUT2D eigenvalue weighted by Gasteiger charge is -2.25. The van der Waals surface area contributed by atoms with Gasteiger partial charge in [0, 0.05) is 6.54 Å². The summed E-state index contributed by atoms with van der Waals surface area (Å²) in [6, 6.07) is -0.889. The number of aliphatic hydroxyl groups is 2. The molecule has 0 rings (SSSR count). The average molecular weight is 749 g/mol. The monoisotopic (exact) mass is 749 g/mol. The van der Waals surface area contributed by atoms with E-state index in [0.717, 1.165) is 38.5 Å². The quantitative estimate of drug-likeness (QED) is 0.0306. The number of phosphoric ester groups is 1. The second-order valence-electron chi connectivity index (χ2n) is 15.1. The first-order chi connectivity index (χ1) is 24.8. The number of nitrogens with two attached hydrogens (primary N) is 1. The van der Waals surface area contributed by atoms with Crippen LogP contribution in [0.25, 0.3) is 0 Å². The Labute approximate surface area is 315 Å². The van der Waals surface area contributed by atoms with E-state index in [9.17, 15) is 24.5 Å². The second-order valence-corrected chi connectivity index (χ2v) is 16.6. The molecule has 1 amide bonds. The molecule has 0 aromatic rings. The molecule has 0 bridgehead atoms. The smallest absolute Gasteiger partial charge is 0.393 e. The van der Waals surface area contributed by atoms with Crippen LogP contribution in [0.2, 0.25) is 0 Å². The Morgan fingerprint density at radius 1 is 0.588 bits per heavy atom. The van der Waals surface area contributed by atoms with Gasteiger partial charge in [0.1, 0.15) is 0 Å². The number of carbonyl (C=O) groups excluding carboxylic acids is 1. The Kier molecular flexibility index (Phi) is 37.4. The molecule has 9 nitrogen and oxygen atoms in total. The van der Waals surface area contributed by atoms with Crippen LogP contribution in [-0.2, 0) is 18.4 Å². The minimum atomic E-state index is -4.37. The SMILES string of the molecule is CCCCCCCCCCCCCCCCCC(O)C(COP(=O)(O)OCCN)NC(=O)CC(O)CCCCCCCCCCCCCCCC. The van der Waals surface area contributed by atoms with E-state index in [1.54, 1.807) is 0 Å². The van der Waals surface area contributed by atoms with Crippen LogP contribution in [0.1, 0.15) is 219 Å². The van der Waals surface area contributed by atoms with Crippen LogP contribution < -0.4 is 11.1 Å². The summed E-state index contributed by atoms with van der Waals surface area (Å²) in [4.78, 5) is 22.8. The molecule has 0 fully saturated rings. The Hall–Kier alpha value is -0.540. The average Bonchev–Trinajstić information content (AvgIpc) is 3.10. The van der Waals surface area contributed by atoms with Gasteiger partial charge in [-0.2, -0.15) is 0 Å². The largest absolute Gasteiger partial charge is 0.472 e. The molecule has 0 saturated heterocycles. The molecule has 4 atom stereocenters. The lowest BCUT2D eigenvalue weighted by Crippen LogP contribution is -2.47. The third kappa shape index (κ3) is 36.2. The molecule has 0 aliphatic rings. The maximum atomic E-state index is 12.8. The summed E-state index contributed by atoms with van der Waals surface area (Å²) in [5.74, 6) is -0.410.